The van der Waals surface area contributed by atoms with E-state index < -0.39 is 22.6 Å². The molecule has 0 spiro atoms. The van der Waals surface area contributed by atoms with Gasteiger partial charge in [-0.1, -0.05) is 20.8 Å². The molecule has 0 radical (unpaired) electrons. The Hall–Kier alpha value is -0.756. The molecular formula is C15H32O4Si2. The van der Waals surface area contributed by atoms with E-state index in [1.54, 1.807) is 0 Å². The summed E-state index contributed by atoms with van der Waals surface area (Å²) in [6, 6.07) is 0. The number of carbonyl (C=O) groups is 1. The minimum absolute atomic E-state index is 0.138. The molecule has 0 aliphatic carbocycles. The molecule has 6 heteroatoms. The van der Waals surface area contributed by atoms with Crippen LogP contribution >= 0.6 is 0 Å². The first-order chi connectivity index (χ1) is 9.20. The van der Waals surface area contributed by atoms with E-state index in [-0.39, 0.29) is 11.2 Å². The summed E-state index contributed by atoms with van der Waals surface area (Å²) in [5.41, 5.74) is 0.138. The molecule has 0 rings (SSSR count). The normalized spacial score (nSPS) is 13.9. The van der Waals surface area contributed by atoms with Crippen LogP contribution in [-0.2, 0) is 18.4 Å². The van der Waals surface area contributed by atoms with Crippen LogP contribution in [0.3, 0.4) is 0 Å². The lowest BCUT2D eigenvalue weighted by Gasteiger charge is -2.23. The lowest BCUT2D eigenvalue weighted by Crippen LogP contribution is -2.30. The first-order valence-corrected chi connectivity index (χ1v) is 14.3. The third-order valence-electron chi connectivity index (χ3n) is 2.22. The topological polar surface area (TPSA) is 44.8 Å². The van der Waals surface area contributed by atoms with Gasteiger partial charge in [0.1, 0.15) is 6.26 Å². The first kappa shape index (κ1) is 20.2. The number of hydrogen-bond donors (Lipinski definition) is 0. The molecule has 0 aliphatic rings. The maximum absolute atomic E-state index is 12.2. The molecule has 21 heavy (non-hydrogen) atoms. The van der Waals surface area contributed by atoms with Gasteiger partial charge in [-0.2, -0.15) is 0 Å². The van der Waals surface area contributed by atoms with E-state index >= 15 is 0 Å². The van der Waals surface area contributed by atoms with Gasteiger partial charge in [0.25, 0.3) is 0 Å². The third kappa shape index (κ3) is 12.7. The lowest BCUT2D eigenvalue weighted by atomic mass is 9.93. The summed E-state index contributed by atoms with van der Waals surface area (Å²) >= 11 is 0. The number of esters is 1. The Bertz CT molecular complexity index is 371. The molecule has 0 aromatic heterocycles. The molecular weight excluding hydrogens is 300 g/mol. The zero-order valence-electron chi connectivity index (χ0n) is 15.1. The van der Waals surface area contributed by atoms with Crippen molar-refractivity contribution in [3.05, 3.63) is 12.0 Å². The highest BCUT2D eigenvalue weighted by Crippen LogP contribution is 2.19. The number of ether oxygens (including phenoxy) is 1. The summed E-state index contributed by atoms with van der Waals surface area (Å²) in [5, 5.41) is 0. The first-order valence-electron chi connectivity index (χ1n) is 7.44. The standard InChI is InChI=1S/C15H32O4Si2/c1-15(2,3)10-11-17-14(16)13(19-21(7,8)9)12-18-20(4,5)6/h12H,10-11H2,1-9H3. The largest absolute Gasteiger partial charge is 0.547 e. The fourth-order valence-corrected chi connectivity index (χ4v) is 2.45. The second-order valence-corrected chi connectivity index (χ2v) is 17.3. The van der Waals surface area contributed by atoms with Gasteiger partial charge in [-0.05, 0) is 51.1 Å². The van der Waals surface area contributed by atoms with Crippen LogP contribution in [0.1, 0.15) is 27.2 Å². The van der Waals surface area contributed by atoms with Crippen molar-refractivity contribution < 1.29 is 18.4 Å². The van der Waals surface area contributed by atoms with Gasteiger partial charge in [0, 0.05) is 0 Å². The number of hydrogen-bond acceptors (Lipinski definition) is 4. The fraction of sp³-hybridized carbons (Fsp3) is 0.800. The molecule has 0 heterocycles. The second-order valence-electron chi connectivity index (χ2n) is 8.37. The van der Waals surface area contributed by atoms with Gasteiger partial charge >= 0.3 is 5.97 Å². The van der Waals surface area contributed by atoms with Crippen LogP contribution in [0.5, 0.6) is 0 Å². The van der Waals surface area contributed by atoms with Gasteiger partial charge in [0.05, 0.1) is 6.61 Å². The van der Waals surface area contributed by atoms with Crippen LogP contribution in [0.4, 0.5) is 0 Å². The van der Waals surface area contributed by atoms with E-state index in [0.717, 1.165) is 6.42 Å². The van der Waals surface area contributed by atoms with E-state index in [2.05, 4.69) is 40.4 Å². The maximum atomic E-state index is 12.2. The molecule has 0 bridgehead atoms. The molecule has 0 aromatic carbocycles. The van der Waals surface area contributed by atoms with Crippen LogP contribution in [0, 0.1) is 5.41 Å². The van der Waals surface area contributed by atoms with Crippen LogP contribution in [0.2, 0.25) is 39.3 Å². The van der Waals surface area contributed by atoms with E-state index in [9.17, 15) is 4.79 Å². The van der Waals surface area contributed by atoms with Crippen molar-refractivity contribution in [2.24, 2.45) is 5.41 Å². The van der Waals surface area contributed by atoms with Crippen molar-refractivity contribution in [3.8, 4) is 0 Å². The van der Waals surface area contributed by atoms with Crippen molar-refractivity contribution >= 4 is 22.6 Å². The molecule has 0 aromatic rings. The van der Waals surface area contributed by atoms with Crippen LogP contribution < -0.4 is 0 Å². The Morgan fingerprint density at radius 3 is 1.90 bits per heavy atom. The second kappa shape index (κ2) is 7.49. The molecule has 0 saturated heterocycles. The minimum atomic E-state index is -1.89. The predicted molar refractivity (Wildman–Crippen MR) is 92.0 cm³/mol. The summed E-state index contributed by atoms with van der Waals surface area (Å²) in [7, 11) is -3.64. The zero-order chi connectivity index (χ0) is 16.9. The van der Waals surface area contributed by atoms with Crippen LogP contribution in [0.25, 0.3) is 0 Å². The quantitative estimate of drug-likeness (QED) is 0.298. The SMILES string of the molecule is CC(C)(C)CCOC(=O)C(=CO[Si](C)(C)C)O[Si](C)(C)C. The monoisotopic (exact) mass is 332 g/mol. The highest BCUT2D eigenvalue weighted by Gasteiger charge is 2.25. The Balaban J connectivity index is 4.76. The van der Waals surface area contributed by atoms with E-state index in [1.165, 1.54) is 6.26 Å². The molecule has 0 fully saturated rings. The summed E-state index contributed by atoms with van der Waals surface area (Å²) in [6.07, 6.45) is 2.26. The average Bonchev–Trinajstić information content (AvgIpc) is 2.19. The van der Waals surface area contributed by atoms with Crippen molar-refractivity contribution in [2.75, 3.05) is 6.61 Å². The van der Waals surface area contributed by atoms with Gasteiger partial charge in [-0.25, -0.2) is 4.79 Å². The highest BCUT2D eigenvalue weighted by atomic mass is 28.4. The van der Waals surface area contributed by atoms with Gasteiger partial charge in [-0.3, -0.25) is 0 Å². The summed E-state index contributed by atoms with van der Waals surface area (Å²) in [6.45, 7) is 19.0. The number of carbonyl (C=O) groups excluding carboxylic acids is 1. The van der Waals surface area contributed by atoms with Crippen molar-refractivity contribution in [1.29, 1.82) is 0 Å². The molecule has 0 saturated carbocycles. The molecule has 0 N–H and O–H groups in total. The van der Waals surface area contributed by atoms with Crippen molar-refractivity contribution in [1.82, 2.24) is 0 Å². The van der Waals surface area contributed by atoms with Crippen LogP contribution in [-0.4, -0.2) is 29.2 Å². The van der Waals surface area contributed by atoms with Gasteiger partial charge in [0.2, 0.25) is 22.4 Å². The zero-order valence-corrected chi connectivity index (χ0v) is 17.1. The van der Waals surface area contributed by atoms with Gasteiger partial charge in [-0.15, -0.1) is 0 Å². The van der Waals surface area contributed by atoms with E-state index in [1.807, 2.05) is 19.6 Å². The van der Waals surface area contributed by atoms with Gasteiger partial charge in [0.15, 0.2) is 0 Å². The summed E-state index contributed by atoms with van der Waals surface area (Å²) < 4.78 is 16.8. The summed E-state index contributed by atoms with van der Waals surface area (Å²) in [4.78, 5) is 12.2. The molecule has 0 atom stereocenters. The third-order valence-corrected chi connectivity index (χ3v) is 3.88. The van der Waals surface area contributed by atoms with Gasteiger partial charge < -0.3 is 13.6 Å². The summed E-state index contributed by atoms with van der Waals surface area (Å²) in [5.74, 6) is -0.231. The Morgan fingerprint density at radius 1 is 1.00 bits per heavy atom. The van der Waals surface area contributed by atoms with Crippen molar-refractivity contribution in [3.63, 3.8) is 0 Å². The molecule has 0 amide bonds. The smallest absolute Gasteiger partial charge is 0.375 e. The molecule has 0 aliphatic heterocycles. The fourth-order valence-electron chi connectivity index (χ4n) is 1.20. The molecule has 4 nitrogen and oxygen atoms in total. The van der Waals surface area contributed by atoms with Crippen molar-refractivity contribution in [2.45, 2.75) is 66.5 Å². The average molecular weight is 333 g/mol. The Morgan fingerprint density at radius 2 is 1.52 bits per heavy atom. The van der Waals surface area contributed by atoms with E-state index in [4.69, 9.17) is 13.6 Å². The molecule has 0 unspecified atom stereocenters. The maximum Gasteiger partial charge on any atom is 0.375 e. The number of rotatable bonds is 7. The predicted octanol–water partition coefficient (Wildman–Crippen LogP) is 4.51. The lowest BCUT2D eigenvalue weighted by molar-refractivity contribution is -0.142. The highest BCUT2D eigenvalue weighted by molar-refractivity contribution is 6.70. The molecule has 124 valence electrons. The Labute approximate surface area is 132 Å². The minimum Gasteiger partial charge on any atom is -0.547 e. The van der Waals surface area contributed by atoms with E-state index in [0.29, 0.717) is 6.61 Å². The van der Waals surface area contributed by atoms with Crippen LogP contribution in [0.15, 0.2) is 12.0 Å². The Kier molecular flexibility index (Phi) is 7.22.